The number of halogens is 2. The van der Waals surface area contributed by atoms with Gasteiger partial charge in [-0.15, -0.1) is 11.3 Å². The van der Waals surface area contributed by atoms with Crippen LogP contribution in [0, 0.1) is 5.82 Å². The van der Waals surface area contributed by atoms with Crippen molar-refractivity contribution in [3.63, 3.8) is 0 Å². The molecule has 2 aromatic rings. The number of hydrogen-bond acceptors (Lipinski definition) is 3. The first-order valence-electron chi connectivity index (χ1n) is 4.60. The highest BCUT2D eigenvalue weighted by molar-refractivity contribution is 9.10. The van der Waals surface area contributed by atoms with E-state index in [0.29, 0.717) is 15.2 Å². The maximum atomic E-state index is 12.8. The molecule has 16 heavy (non-hydrogen) atoms. The maximum Gasteiger partial charge on any atom is 0.138 e. The average Bonchev–Trinajstić information content (AvgIpc) is 2.66. The first-order valence-corrected chi connectivity index (χ1v) is 6.27. The van der Waals surface area contributed by atoms with Crippen LogP contribution in [0.2, 0.25) is 0 Å². The van der Waals surface area contributed by atoms with Crippen molar-refractivity contribution in [2.45, 2.75) is 12.5 Å². The van der Waals surface area contributed by atoms with Crippen molar-refractivity contribution in [1.29, 1.82) is 0 Å². The molecule has 0 fully saturated rings. The van der Waals surface area contributed by atoms with Crippen LogP contribution >= 0.6 is 27.3 Å². The molecule has 0 bridgehead atoms. The van der Waals surface area contributed by atoms with Crippen LogP contribution in [-0.2, 0) is 5.60 Å². The Balaban J connectivity index is 2.42. The number of thiazole rings is 1. The van der Waals surface area contributed by atoms with Crippen molar-refractivity contribution in [3.05, 3.63) is 50.6 Å². The van der Waals surface area contributed by atoms with Crippen LogP contribution < -0.4 is 0 Å². The second-order valence-corrected chi connectivity index (χ2v) is 5.23. The first kappa shape index (κ1) is 11.7. The molecule has 1 atom stereocenters. The molecule has 2 rings (SSSR count). The van der Waals surface area contributed by atoms with Gasteiger partial charge in [0, 0.05) is 5.38 Å². The third-order valence-electron chi connectivity index (χ3n) is 2.30. The lowest BCUT2D eigenvalue weighted by atomic mass is 9.97. The minimum Gasteiger partial charge on any atom is -0.378 e. The van der Waals surface area contributed by atoms with Crippen LogP contribution in [0.25, 0.3) is 0 Å². The van der Waals surface area contributed by atoms with Gasteiger partial charge in [-0.1, -0.05) is 12.1 Å². The number of hydrogen-bond donors (Lipinski definition) is 1. The van der Waals surface area contributed by atoms with Crippen molar-refractivity contribution in [3.8, 4) is 0 Å². The number of benzene rings is 1. The molecule has 0 spiro atoms. The van der Waals surface area contributed by atoms with Crippen LogP contribution in [-0.4, -0.2) is 10.1 Å². The fourth-order valence-electron chi connectivity index (χ4n) is 1.38. The van der Waals surface area contributed by atoms with Crippen LogP contribution in [0.3, 0.4) is 0 Å². The minimum atomic E-state index is -1.19. The second kappa shape index (κ2) is 4.24. The predicted molar refractivity (Wildman–Crippen MR) is 64.9 cm³/mol. The Morgan fingerprint density at radius 1 is 1.38 bits per heavy atom. The van der Waals surface area contributed by atoms with Crippen LogP contribution in [0.1, 0.15) is 17.5 Å². The average molecular weight is 302 g/mol. The van der Waals surface area contributed by atoms with Gasteiger partial charge in [0.2, 0.25) is 0 Å². The van der Waals surface area contributed by atoms with E-state index in [1.807, 2.05) is 0 Å². The Labute approximate surface area is 105 Å². The third kappa shape index (κ3) is 2.16. The van der Waals surface area contributed by atoms with Crippen molar-refractivity contribution in [2.75, 3.05) is 0 Å². The molecule has 1 aromatic carbocycles. The molecule has 0 aliphatic carbocycles. The van der Waals surface area contributed by atoms with Gasteiger partial charge in [-0.2, -0.15) is 0 Å². The molecule has 0 amide bonds. The van der Waals surface area contributed by atoms with Crippen LogP contribution in [0.15, 0.2) is 34.2 Å². The molecule has 1 N–H and O–H groups in total. The third-order valence-corrected chi connectivity index (χ3v) is 4.06. The highest BCUT2D eigenvalue weighted by Crippen LogP contribution is 2.32. The Morgan fingerprint density at radius 2 is 2.00 bits per heavy atom. The lowest BCUT2D eigenvalue weighted by molar-refractivity contribution is 0.102. The van der Waals surface area contributed by atoms with Gasteiger partial charge in [0.25, 0.3) is 0 Å². The summed E-state index contributed by atoms with van der Waals surface area (Å²) < 4.78 is 13.5. The topological polar surface area (TPSA) is 33.1 Å². The van der Waals surface area contributed by atoms with Gasteiger partial charge < -0.3 is 5.11 Å². The Bertz CT molecular complexity index is 495. The van der Waals surface area contributed by atoms with E-state index < -0.39 is 5.60 Å². The molecule has 0 saturated heterocycles. The quantitative estimate of drug-likeness (QED) is 0.923. The van der Waals surface area contributed by atoms with Crippen molar-refractivity contribution >= 4 is 27.3 Å². The van der Waals surface area contributed by atoms with E-state index in [1.54, 1.807) is 24.4 Å². The van der Waals surface area contributed by atoms with E-state index in [2.05, 4.69) is 20.9 Å². The summed E-state index contributed by atoms with van der Waals surface area (Å²) in [5.74, 6) is -0.320. The molecule has 1 aromatic heterocycles. The smallest absolute Gasteiger partial charge is 0.138 e. The molecule has 0 aliphatic heterocycles. The fraction of sp³-hybridized carbons (Fsp3) is 0.182. The lowest BCUT2D eigenvalue weighted by Gasteiger charge is -2.20. The Kier molecular flexibility index (Phi) is 3.10. The first-order chi connectivity index (χ1) is 7.50. The van der Waals surface area contributed by atoms with Gasteiger partial charge in [-0.3, -0.25) is 0 Å². The second-order valence-electron chi connectivity index (χ2n) is 3.55. The van der Waals surface area contributed by atoms with Gasteiger partial charge in [0.05, 0.1) is 0 Å². The van der Waals surface area contributed by atoms with Crippen LogP contribution in [0.4, 0.5) is 4.39 Å². The van der Waals surface area contributed by atoms with Gasteiger partial charge in [0.1, 0.15) is 21.0 Å². The van der Waals surface area contributed by atoms with E-state index in [1.165, 1.54) is 23.5 Å². The molecule has 1 heterocycles. The molecule has 1 unspecified atom stereocenters. The van der Waals surface area contributed by atoms with Crippen molar-refractivity contribution < 1.29 is 9.50 Å². The minimum absolute atomic E-state index is 0.320. The van der Waals surface area contributed by atoms with E-state index in [9.17, 15) is 9.50 Å². The van der Waals surface area contributed by atoms with Crippen molar-refractivity contribution in [1.82, 2.24) is 4.98 Å². The normalized spacial score (nSPS) is 14.8. The molecule has 84 valence electrons. The summed E-state index contributed by atoms with van der Waals surface area (Å²) in [6, 6.07) is 5.77. The van der Waals surface area contributed by atoms with E-state index in [4.69, 9.17) is 0 Å². The molecule has 2 nitrogen and oxygen atoms in total. The summed E-state index contributed by atoms with van der Waals surface area (Å²) in [5.41, 5.74) is -0.569. The summed E-state index contributed by atoms with van der Waals surface area (Å²) >= 11 is 4.59. The number of aliphatic hydroxyl groups is 1. The van der Waals surface area contributed by atoms with E-state index in [-0.39, 0.29) is 5.82 Å². The molecular weight excluding hydrogens is 293 g/mol. The Morgan fingerprint density at radius 3 is 2.50 bits per heavy atom. The zero-order valence-electron chi connectivity index (χ0n) is 8.45. The SMILES string of the molecule is CC(O)(c1ccc(F)cc1)c1nc(Br)cs1. The van der Waals surface area contributed by atoms with E-state index >= 15 is 0 Å². The zero-order valence-corrected chi connectivity index (χ0v) is 10.8. The predicted octanol–water partition coefficient (Wildman–Crippen LogP) is 3.30. The highest BCUT2D eigenvalue weighted by Gasteiger charge is 2.28. The standard InChI is InChI=1S/C11H9BrFNOS/c1-11(15,10-14-9(12)6-16-10)7-2-4-8(13)5-3-7/h2-6,15H,1H3. The summed E-state index contributed by atoms with van der Waals surface area (Å²) in [5, 5.41) is 12.7. The molecular formula is C11H9BrFNOS. The summed E-state index contributed by atoms with van der Waals surface area (Å²) in [6.07, 6.45) is 0. The zero-order chi connectivity index (χ0) is 11.8. The number of nitrogens with zero attached hydrogens (tertiary/aromatic N) is 1. The van der Waals surface area contributed by atoms with Crippen LogP contribution in [0.5, 0.6) is 0 Å². The van der Waals surface area contributed by atoms with Gasteiger partial charge in [-0.25, -0.2) is 9.37 Å². The summed E-state index contributed by atoms with van der Waals surface area (Å²) in [4.78, 5) is 4.17. The molecule has 5 heteroatoms. The fourth-order valence-corrected chi connectivity index (χ4v) is 2.71. The number of rotatable bonds is 2. The summed E-state index contributed by atoms with van der Waals surface area (Å²) in [7, 11) is 0. The Hall–Kier alpha value is -0.780. The molecule has 0 saturated carbocycles. The molecule has 0 aliphatic rings. The summed E-state index contributed by atoms with van der Waals surface area (Å²) in [6.45, 7) is 1.64. The lowest BCUT2D eigenvalue weighted by Crippen LogP contribution is -2.22. The monoisotopic (exact) mass is 301 g/mol. The van der Waals surface area contributed by atoms with Gasteiger partial charge >= 0.3 is 0 Å². The maximum absolute atomic E-state index is 12.8. The van der Waals surface area contributed by atoms with Gasteiger partial charge in [0.15, 0.2) is 0 Å². The van der Waals surface area contributed by atoms with Gasteiger partial charge in [-0.05, 0) is 40.5 Å². The number of aromatic nitrogens is 1. The van der Waals surface area contributed by atoms with Crippen molar-refractivity contribution in [2.24, 2.45) is 0 Å². The largest absolute Gasteiger partial charge is 0.378 e. The van der Waals surface area contributed by atoms with E-state index in [0.717, 1.165) is 0 Å². The molecule has 0 radical (unpaired) electrons. The highest BCUT2D eigenvalue weighted by atomic mass is 79.9.